The maximum absolute atomic E-state index is 13.6. The molecule has 2 aromatic carbocycles. The van der Waals surface area contributed by atoms with Crippen LogP contribution in [0.4, 0.5) is 35.9 Å². The molecule has 0 aromatic heterocycles. The van der Waals surface area contributed by atoms with E-state index in [1.54, 1.807) is 0 Å². The maximum Gasteiger partial charge on any atom is 0.418 e. The third-order valence-electron chi connectivity index (χ3n) is 3.60. The number of non-ortho nitro benzene ring substituents is 1. The predicted octanol–water partition coefficient (Wildman–Crippen LogP) is 5.69. The first-order valence-corrected chi connectivity index (χ1v) is 8.64. The zero-order valence-electron chi connectivity index (χ0n) is 13.6. The van der Waals surface area contributed by atoms with Crippen molar-refractivity contribution in [2.75, 3.05) is 11.9 Å². The van der Waals surface area contributed by atoms with Crippen LogP contribution in [-0.2, 0) is 6.18 Å². The molecule has 0 fully saturated rings. The van der Waals surface area contributed by atoms with Gasteiger partial charge in [-0.2, -0.15) is 18.4 Å². The molecule has 0 atom stereocenters. The van der Waals surface area contributed by atoms with Crippen molar-refractivity contribution in [2.45, 2.75) is 6.18 Å². The lowest BCUT2D eigenvalue weighted by molar-refractivity contribution is -0.394. The van der Waals surface area contributed by atoms with Crippen LogP contribution in [-0.4, -0.2) is 16.9 Å². The van der Waals surface area contributed by atoms with Gasteiger partial charge >= 0.3 is 6.18 Å². The Balaban J connectivity index is 2.89. The molecular formula is C15H7Br2F3N4O4. The molecule has 13 heteroatoms. The molecule has 0 saturated heterocycles. The number of nitriles is 1. The van der Waals surface area contributed by atoms with Crippen LogP contribution in [0.5, 0.6) is 0 Å². The zero-order valence-corrected chi connectivity index (χ0v) is 16.8. The van der Waals surface area contributed by atoms with Gasteiger partial charge in [-0.05, 0) is 44.0 Å². The van der Waals surface area contributed by atoms with Crippen molar-refractivity contribution >= 4 is 54.6 Å². The molecule has 0 bridgehead atoms. The zero-order chi connectivity index (χ0) is 21.4. The number of benzene rings is 2. The Hall–Kier alpha value is -2.72. The van der Waals surface area contributed by atoms with Crippen molar-refractivity contribution in [3.05, 3.63) is 64.6 Å². The Morgan fingerprint density at radius 1 is 1.04 bits per heavy atom. The van der Waals surface area contributed by atoms with Gasteiger partial charge in [0.2, 0.25) is 0 Å². The van der Waals surface area contributed by atoms with E-state index in [9.17, 15) is 33.4 Å². The molecule has 8 nitrogen and oxygen atoms in total. The summed E-state index contributed by atoms with van der Waals surface area (Å²) in [6, 6.07) is 5.20. The lowest BCUT2D eigenvalue weighted by Gasteiger charge is -2.25. The Kier molecular flexibility index (Phi) is 5.95. The number of hydrogen-bond donors (Lipinski definition) is 0. The molecule has 0 radical (unpaired) electrons. The summed E-state index contributed by atoms with van der Waals surface area (Å²) >= 11 is 6.26. The summed E-state index contributed by atoms with van der Waals surface area (Å²) in [4.78, 5) is 21.0. The van der Waals surface area contributed by atoms with Crippen LogP contribution in [0.1, 0.15) is 11.1 Å². The fourth-order valence-electron chi connectivity index (χ4n) is 2.48. The number of nitro benzene ring substituents is 2. The lowest BCUT2D eigenvalue weighted by atomic mass is 10.1. The second-order valence-corrected chi connectivity index (χ2v) is 7.04. The van der Waals surface area contributed by atoms with Crippen molar-refractivity contribution in [3.8, 4) is 6.07 Å². The van der Waals surface area contributed by atoms with E-state index >= 15 is 0 Å². The Bertz CT molecular complexity index is 1010. The Morgan fingerprint density at radius 3 is 1.96 bits per heavy atom. The molecule has 0 spiro atoms. The number of nitrogens with zero attached hydrogens (tertiary/aromatic N) is 4. The first kappa shape index (κ1) is 21.6. The minimum Gasteiger partial charge on any atom is -0.337 e. The van der Waals surface area contributed by atoms with E-state index in [-0.39, 0.29) is 26.3 Å². The topological polar surface area (TPSA) is 113 Å². The second kappa shape index (κ2) is 7.72. The minimum absolute atomic E-state index is 0.0569. The summed E-state index contributed by atoms with van der Waals surface area (Å²) < 4.78 is 41.1. The largest absolute Gasteiger partial charge is 0.418 e. The smallest absolute Gasteiger partial charge is 0.337 e. The summed E-state index contributed by atoms with van der Waals surface area (Å²) in [7, 11) is 1.14. The third-order valence-corrected chi connectivity index (χ3v) is 4.81. The average Bonchev–Trinajstić information content (AvgIpc) is 2.58. The highest BCUT2D eigenvalue weighted by Crippen LogP contribution is 2.48. The summed E-state index contributed by atoms with van der Waals surface area (Å²) in [5, 5.41) is 31.3. The van der Waals surface area contributed by atoms with Gasteiger partial charge in [-0.3, -0.25) is 20.2 Å². The van der Waals surface area contributed by atoms with E-state index in [4.69, 9.17) is 5.26 Å². The van der Waals surface area contributed by atoms with E-state index in [1.807, 2.05) is 6.07 Å². The molecule has 2 aromatic rings. The van der Waals surface area contributed by atoms with E-state index in [2.05, 4.69) is 31.9 Å². The number of halogens is 5. The first-order valence-electron chi connectivity index (χ1n) is 7.05. The summed E-state index contributed by atoms with van der Waals surface area (Å²) in [6.45, 7) is 0. The third kappa shape index (κ3) is 4.07. The van der Waals surface area contributed by atoms with Crippen molar-refractivity contribution in [1.82, 2.24) is 0 Å². The van der Waals surface area contributed by atoms with E-state index in [0.717, 1.165) is 11.9 Å². The lowest BCUT2D eigenvalue weighted by Crippen LogP contribution is -2.19. The highest BCUT2D eigenvalue weighted by atomic mass is 79.9. The van der Waals surface area contributed by atoms with Crippen molar-refractivity contribution < 1.29 is 23.0 Å². The number of hydrogen-bond acceptors (Lipinski definition) is 6. The number of alkyl halides is 3. The van der Waals surface area contributed by atoms with Gasteiger partial charge in [-0.25, -0.2) is 0 Å². The van der Waals surface area contributed by atoms with Crippen LogP contribution < -0.4 is 4.90 Å². The van der Waals surface area contributed by atoms with Crippen LogP contribution >= 0.6 is 31.9 Å². The van der Waals surface area contributed by atoms with Gasteiger partial charge in [0.15, 0.2) is 0 Å². The molecule has 0 aliphatic carbocycles. The van der Waals surface area contributed by atoms with Crippen LogP contribution in [0, 0.1) is 31.6 Å². The van der Waals surface area contributed by atoms with Crippen molar-refractivity contribution in [1.29, 1.82) is 5.26 Å². The fraction of sp³-hybridized carbons (Fsp3) is 0.133. The predicted molar refractivity (Wildman–Crippen MR) is 99.4 cm³/mol. The van der Waals surface area contributed by atoms with Gasteiger partial charge in [0.25, 0.3) is 11.4 Å². The van der Waals surface area contributed by atoms with Gasteiger partial charge in [0, 0.05) is 22.1 Å². The van der Waals surface area contributed by atoms with E-state index in [0.29, 0.717) is 6.07 Å². The van der Waals surface area contributed by atoms with Crippen molar-refractivity contribution in [2.24, 2.45) is 0 Å². The Morgan fingerprint density at radius 2 is 1.57 bits per heavy atom. The minimum atomic E-state index is -5.11. The highest BCUT2D eigenvalue weighted by Gasteiger charge is 2.41. The summed E-state index contributed by atoms with van der Waals surface area (Å²) in [6.07, 6.45) is -5.11. The molecule has 0 heterocycles. The highest BCUT2D eigenvalue weighted by molar-refractivity contribution is 9.11. The standard InChI is InChI=1S/C15H7Br2F3N4O4/c1-22(14-10(16)2-7(6-21)3-11(14)17)13-9(15(18,19)20)4-8(23(25)26)5-12(13)24(27)28/h2-5H,1H3. The van der Waals surface area contributed by atoms with Crippen LogP contribution in [0.2, 0.25) is 0 Å². The molecule has 0 amide bonds. The normalized spacial score (nSPS) is 11.0. The van der Waals surface area contributed by atoms with Gasteiger partial charge in [0.1, 0.15) is 5.69 Å². The number of nitro groups is 2. The van der Waals surface area contributed by atoms with Gasteiger partial charge in [-0.15, -0.1) is 0 Å². The Labute approximate surface area is 171 Å². The summed E-state index contributed by atoms with van der Waals surface area (Å²) in [5.74, 6) is 0. The monoisotopic (exact) mass is 522 g/mol. The molecule has 0 N–H and O–H groups in total. The SMILES string of the molecule is CN(c1c(Br)cc(C#N)cc1Br)c1c([N+](=O)[O-])cc([N+](=O)[O-])cc1C(F)(F)F. The quantitative estimate of drug-likeness (QED) is 0.376. The molecule has 0 aliphatic heterocycles. The first-order chi connectivity index (χ1) is 12.9. The molecular weight excluding hydrogens is 517 g/mol. The fourth-order valence-corrected chi connectivity index (χ4v) is 4.20. The van der Waals surface area contributed by atoms with E-state index < -0.39 is 38.6 Å². The van der Waals surface area contributed by atoms with Crippen LogP contribution in [0.25, 0.3) is 0 Å². The summed E-state index contributed by atoms with van der Waals surface area (Å²) in [5.41, 5.74) is -4.33. The molecule has 28 heavy (non-hydrogen) atoms. The van der Waals surface area contributed by atoms with E-state index in [1.165, 1.54) is 12.1 Å². The molecule has 0 saturated carbocycles. The molecule has 0 aliphatic rings. The molecule has 146 valence electrons. The number of rotatable bonds is 4. The number of anilines is 2. The van der Waals surface area contributed by atoms with Gasteiger partial charge in [-0.1, -0.05) is 0 Å². The van der Waals surface area contributed by atoms with Crippen LogP contribution in [0.3, 0.4) is 0 Å². The molecule has 0 unspecified atom stereocenters. The second-order valence-electron chi connectivity index (χ2n) is 5.33. The molecule has 2 rings (SSSR count). The van der Waals surface area contributed by atoms with Gasteiger partial charge < -0.3 is 4.90 Å². The van der Waals surface area contributed by atoms with Crippen molar-refractivity contribution in [3.63, 3.8) is 0 Å². The van der Waals surface area contributed by atoms with Crippen LogP contribution in [0.15, 0.2) is 33.2 Å². The maximum atomic E-state index is 13.6. The van der Waals surface area contributed by atoms with Gasteiger partial charge in [0.05, 0.1) is 38.8 Å². The average molecular weight is 524 g/mol.